The summed E-state index contributed by atoms with van der Waals surface area (Å²) in [6.45, 7) is 2.18. The topological polar surface area (TPSA) is 9.23 Å². The summed E-state index contributed by atoms with van der Waals surface area (Å²) >= 11 is 0. The Morgan fingerprint density at radius 1 is 0.848 bits per heavy atom. The first-order valence-corrected chi connectivity index (χ1v) is 11.3. The molecule has 3 aromatic carbocycles. The highest BCUT2D eigenvalue weighted by Gasteiger charge is 2.31. The Balaban J connectivity index is 1.63. The van der Waals surface area contributed by atoms with Crippen molar-refractivity contribution in [3.8, 4) is 28.0 Å². The van der Waals surface area contributed by atoms with E-state index < -0.39 is 23.7 Å². The largest absolute Gasteiger partial charge is 0.573 e. The second-order valence-corrected chi connectivity index (χ2v) is 8.45. The number of ether oxygens (including phenoxy) is 1. The second-order valence-electron chi connectivity index (χ2n) is 8.45. The van der Waals surface area contributed by atoms with Crippen LogP contribution in [-0.4, -0.2) is 6.36 Å². The number of rotatable bonds is 7. The van der Waals surface area contributed by atoms with Crippen molar-refractivity contribution in [2.24, 2.45) is 0 Å². The summed E-state index contributed by atoms with van der Waals surface area (Å²) in [6, 6.07) is 12.0. The van der Waals surface area contributed by atoms with Gasteiger partial charge in [-0.2, -0.15) is 0 Å². The van der Waals surface area contributed by atoms with Gasteiger partial charge >= 0.3 is 6.36 Å². The van der Waals surface area contributed by atoms with Crippen LogP contribution in [0, 0.1) is 11.6 Å². The molecule has 0 heterocycles. The van der Waals surface area contributed by atoms with Crippen molar-refractivity contribution in [1.29, 1.82) is 0 Å². The van der Waals surface area contributed by atoms with Crippen molar-refractivity contribution in [3.63, 3.8) is 0 Å². The summed E-state index contributed by atoms with van der Waals surface area (Å²) in [6.07, 6.45) is 1.99. The number of hydrogen-bond donors (Lipinski definition) is 0. The molecule has 0 atom stereocenters. The third-order valence-electron chi connectivity index (χ3n) is 6.12. The van der Waals surface area contributed by atoms with E-state index in [4.69, 9.17) is 0 Å². The van der Waals surface area contributed by atoms with E-state index in [9.17, 15) is 13.2 Å². The summed E-state index contributed by atoms with van der Waals surface area (Å²) < 4.78 is 71.5. The van der Waals surface area contributed by atoms with Crippen molar-refractivity contribution < 1.29 is 26.7 Å². The predicted octanol–water partition coefficient (Wildman–Crippen LogP) is 8.42. The van der Waals surface area contributed by atoms with E-state index in [0.29, 0.717) is 24.0 Å². The molecular weight excluding hydrogens is 435 g/mol. The third kappa shape index (κ3) is 5.21. The highest BCUT2D eigenvalue weighted by Crippen LogP contribution is 2.40. The highest BCUT2D eigenvalue weighted by atomic mass is 19.4. The maximum atomic E-state index is 15.4. The molecule has 3 aromatic rings. The number of benzene rings is 3. The first kappa shape index (κ1) is 23.3. The molecule has 4 rings (SSSR count). The van der Waals surface area contributed by atoms with Crippen LogP contribution in [0.2, 0.25) is 0 Å². The fourth-order valence-corrected chi connectivity index (χ4v) is 4.52. The van der Waals surface area contributed by atoms with Crippen LogP contribution in [0.15, 0.2) is 48.5 Å². The first-order chi connectivity index (χ1) is 15.8. The van der Waals surface area contributed by atoms with Gasteiger partial charge in [-0.15, -0.1) is 13.2 Å². The molecule has 0 saturated heterocycles. The van der Waals surface area contributed by atoms with Gasteiger partial charge in [0.1, 0.15) is 17.4 Å². The van der Waals surface area contributed by atoms with Crippen molar-refractivity contribution in [2.45, 2.75) is 58.2 Å². The summed E-state index contributed by atoms with van der Waals surface area (Å²) in [5.74, 6) is -1.85. The Bertz CT molecular complexity index is 1130. The molecule has 1 aliphatic rings. The van der Waals surface area contributed by atoms with Crippen LogP contribution in [0.25, 0.3) is 22.3 Å². The van der Waals surface area contributed by atoms with Gasteiger partial charge in [0.15, 0.2) is 0 Å². The monoisotopic (exact) mass is 460 g/mol. The predicted molar refractivity (Wildman–Crippen MR) is 119 cm³/mol. The Labute approximate surface area is 190 Å². The lowest BCUT2D eigenvalue weighted by Crippen LogP contribution is -2.17. The zero-order valence-electron chi connectivity index (χ0n) is 18.4. The maximum Gasteiger partial charge on any atom is 0.573 e. The van der Waals surface area contributed by atoms with Gasteiger partial charge in [-0.3, -0.25) is 0 Å². The minimum Gasteiger partial charge on any atom is -0.406 e. The van der Waals surface area contributed by atoms with Crippen LogP contribution in [0.4, 0.5) is 22.0 Å². The molecule has 0 unspecified atom stereocenters. The molecule has 1 aliphatic carbocycles. The molecule has 0 fully saturated rings. The lowest BCUT2D eigenvalue weighted by Gasteiger charge is -2.23. The number of alkyl halides is 3. The van der Waals surface area contributed by atoms with Gasteiger partial charge in [0.05, 0.1) is 5.56 Å². The number of fused-ring (bicyclic) bond motifs is 3. The smallest absolute Gasteiger partial charge is 0.406 e. The Morgan fingerprint density at radius 3 is 2.30 bits per heavy atom. The molecule has 0 aromatic heterocycles. The zero-order valence-corrected chi connectivity index (χ0v) is 18.4. The number of hydrogen-bond acceptors (Lipinski definition) is 1. The molecule has 0 saturated carbocycles. The summed E-state index contributed by atoms with van der Waals surface area (Å²) in [7, 11) is 0. The fraction of sp³-hybridized carbons (Fsp3) is 0.333. The van der Waals surface area contributed by atoms with Crippen LogP contribution < -0.4 is 4.74 Å². The van der Waals surface area contributed by atoms with Gasteiger partial charge in [0.25, 0.3) is 0 Å². The van der Waals surface area contributed by atoms with Crippen molar-refractivity contribution >= 4 is 0 Å². The lowest BCUT2D eigenvalue weighted by atomic mass is 9.82. The van der Waals surface area contributed by atoms with Crippen LogP contribution in [0.5, 0.6) is 5.75 Å². The minimum atomic E-state index is -4.83. The van der Waals surface area contributed by atoms with Gasteiger partial charge < -0.3 is 4.74 Å². The Morgan fingerprint density at radius 2 is 1.61 bits per heavy atom. The minimum absolute atomic E-state index is 0.163. The molecule has 0 spiro atoms. The second kappa shape index (κ2) is 9.54. The molecule has 0 N–H and O–H groups in total. The number of halogens is 5. The standard InChI is InChI=1S/C27H25F5O/c1-2-3-4-5-6-17-7-13-21-19(15-17)10-14-22-23(21)16-24(28)25(26(22)29)18-8-11-20(12-9-18)33-27(30,31)32/h7-9,11-13,15-16H,2-6,10,14H2,1H3. The van der Waals surface area contributed by atoms with Gasteiger partial charge in [-0.25, -0.2) is 8.78 Å². The van der Waals surface area contributed by atoms with E-state index in [1.807, 2.05) is 12.1 Å². The van der Waals surface area contributed by atoms with E-state index in [1.165, 1.54) is 43.0 Å². The summed E-state index contributed by atoms with van der Waals surface area (Å²) in [5, 5.41) is 0. The molecule has 0 radical (unpaired) electrons. The average molecular weight is 460 g/mol. The van der Waals surface area contributed by atoms with E-state index in [-0.39, 0.29) is 11.1 Å². The highest BCUT2D eigenvalue weighted by molar-refractivity contribution is 5.78. The molecule has 0 amide bonds. The molecule has 1 nitrogen and oxygen atoms in total. The lowest BCUT2D eigenvalue weighted by molar-refractivity contribution is -0.274. The zero-order chi connectivity index (χ0) is 23.6. The first-order valence-electron chi connectivity index (χ1n) is 11.3. The van der Waals surface area contributed by atoms with Crippen LogP contribution in [-0.2, 0) is 19.3 Å². The fourth-order valence-electron chi connectivity index (χ4n) is 4.52. The van der Waals surface area contributed by atoms with E-state index >= 15 is 8.78 Å². The van der Waals surface area contributed by atoms with Crippen molar-refractivity contribution in [2.75, 3.05) is 0 Å². The van der Waals surface area contributed by atoms with E-state index in [2.05, 4.69) is 17.7 Å². The number of unbranched alkanes of at least 4 members (excludes halogenated alkanes) is 3. The van der Waals surface area contributed by atoms with Gasteiger partial charge in [-0.1, -0.05) is 56.5 Å². The molecule has 0 aliphatic heterocycles. The average Bonchev–Trinajstić information content (AvgIpc) is 2.76. The van der Waals surface area contributed by atoms with E-state index in [1.54, 1.807) is 0 Å². The maximum absolute atomic E-state index is 15.4. The SMILES string of the molecule is CCCCCCc1ccc2c(c1)CCc1c-2cc(F)c(-c2ccc(OC(F)(F)F)cc2)c1F. The van der Waals surface area contributed by atoms with Crippen LogP contribution in [0.3, 0.4) is 0 Å². The van der Waals surface area contributed by atoms with Crippen LogP contribution >= 0.6 is 0 Å². The number of aryl methyl sites for hydroxylation is 2. The normalized spacial score (nSPS) is 12.9. The van der Waals surface area contributed by atoms with Crippen molar-refractivity contribution in [3.05, 3.63) is 76.9 Å². The molecule has 0 bridgehead atoms. The Hall–Kier alpha value is -2.89. The third-order valence-corrected chi connectivity index (χ3v) is 6.12. The van der Waals surface area contributed by atoms with Gasteiger partial charge in [0.2, 0.25) is 0 Å². The summed E-state index contributed by atoms with van der Waals surface area (Å²) in [5.41, 5.74) is 4.09. The molecule has 33 heavy (non-hydrogen) atoms. The van der Waals surface area contributed by atoms with Gasteiger partial charge in [-0.05, 0) is 77.3 Å². The molecule has 174 valence electrons. The molecular formula is C27H25F5O. The van der Waals surface area contributed by atoms with Crippen molar-refractivity contribution in [1.82, 2.24) is 0 Å². The molecule has 6 heteroatoms. The van der Waals surface area contributed by atoms with E-state index in [0.717, 1.165) is 36.1 Å². The summed E-state index contributed by atoms with van der Waals surface area (Å²) in [4.78, 5) is 0. The van der Waals surface area contributed by atoms with Gasteiger partial charge in [0, 0.05) is 0 Å². The Kier molecular flexibility index (Phi) is 6.73. The quantitative estimate of drug-likeness (QED) is 0.254. The van der Waals surface area contributed by atoms with Crippen LogP contribution in [0.1, 0.15) is 49.3 Å².